The third kappa shape index (κ3) is 3.80. The lowest BCUT2D eigenvalue weighted by Crippen LogP contribution is -2.53. The SMILES string of the molecule is Cc1nnc(CN2CCC[C@]3(CCC(=O)N(Cc4ccccc4)C3)C2)o1. The van der Waals surface area contributed by atoms with Crippen molar-refractivity contribution in [1.82, 2.24) is 20.0 Å². The van der Waals surface area contributed by atoms with Crippen molar-refractivity contribution < 1.29 is 9.21 Å². The summed E-state index contributed by atoms with van der Waals surface area (Å²) in [4.78, 5) is 16.9. The summed E-state index contributed by atoms with van der Waals surface area (Å²) in [5.41, 5.74) is 1.39. The molecule has 1 aromatic carbocycles. The molecule has 6 heteroatoms. The molecule has 2 aromatic rings. The average Bonchev–Trinajstić information content (AvgIpc) is 3.04. The van der Waals surface area contributed by atoms with E-state index >= 15 is 0 Å². The summed E-state index contributed by atoms with van der Waals surface area (Å²) in [6.07, 6.45) is 3.97. The van der Waals surface area contributed by atoms with Gasteiger partial charge in [-0.05, 0) is 31.4 Å². The fourth-order valence-electron chi connectivity index (χ4n) is 4.42. The van der Waals surface area contributed by atoms with E-state index < -0.39 is 0 Å². The van der Waals surface area contributed by atoms with Crippen LogP contribution in [0.15, 0.2) is 34.7 Å². The second-order valence-corrected chi connectivity index (χ2v) is 7.76. The second kappa shape index (κ2) is 7.19. The molecule has 2 aliphatic rings. The number of carbonyl (C=O) groups excluding carboxylic acids is 1. The van der Waals surface area contributed by atoms with Gasteiger partial charge >= 0.3 is 0 Å². The van der Waals surface area contributed by atoms with Gasteiger partial charge in [-0.15, -0.1) is 10.2 Å². The summed E-state index contributed by atoms with van der Waals surface area (Å²) < 4.78 is 5.55. The standard InChI is InChI=1S/C20H26N4O2/c1-16-21-22-18(26-16)13-23-11-5-9-20(14-23)10-8-19(25)24(15-20)12-17-6-3-2-4-7-17/h2-4,6-7H,5,8-15H2,1H3/t20-/m0/s1. The van der Waals surface area contributed by atoms with Crippen LogP contribution in [-0.2, 0) is 17.9 Å². The zero-order chi connectivity index (χ0) is 18.0. The normalized spacial score (nSPS) is 24.3. The lowest BCUT2D eigenvalue weighted by molar-refractivity contribution is -0.140. The van der Waals surface area contributed by atoms with Crippen molar-refractivity contribution in [3.63, 3.8) is 0 Å². The number of likely N-dealkylation sites (tertiary alicyclic amines) is 2. The fourth-order valence-corrected chi connectivity index (χ4v) is 4.42. The Morgan fingerprint density at radius 2 is 1.96 bits per heavy atom. The van der Waals surface area contributed by atoms with E-state index in [0.717, 1.165) is 32.5 Å². The molecule has 1 atom stereocenters. The van der Waals surface area contributed by atoms with Gasteiger partial charge in [0.2, 0.25) is 17.7 Å². The Labute approximate surface area is 154 Å². The molecule has 0 bridgehead atoms. The Bertz CT molecular complexity index is 760. The van der Waals surface area contributed by atoms with E-state index in [9.17, 15) is 4.79 Å². The maximum Gasteiger partial charge on any atom is 0.230 e. The molecule has 138 valence electrons. The fraction of sp³-hybridized carbons (Fsp3) is 0.550. The van der Waals surface area contributed by atoms with Crippen molar-refractivity contribution in [2.45, 2.75) is 45.7 Å². The van der Waals surface area contributed by atoms with Crippen LogP contribution in [0.1, 0.15) is 43.0 Å². The maximum atomic E-state index is 12.5. The molecule has 0 aliphatic carbocycles. The van der Waals surface area contributed by atoms with Crippen LogP contribution in [0.2, 0.25) is 0 Å². The Kier molecular flexibility index (Phi) is 4.76. The molecule has 0 N–H and O–H groups in total. The van der Waals surface area contributed by atoms with E-state index in [1.807, 2.05) is 25.1 Å². The van der Waals surface area contributed by atoms with Crippen molar-refractivity contribution in [2.75, 3.05) is 19.6 Å². The van der Waals surface area contributed by atoms with Gasteiger partial charge < -0.3 is 9.32 Å². The highest BCUT2D eigenvalue weighted by Crippen LogP contribution is 2.39. The zero-order valence-electron chi connectivity index (χ0n) is 15.4. The lowest BCUT2D eigenvalue weighted by atomic mass is 9.73. The molecular formula is C20H26N4O2. The van der Waals surface area contributed by atoms with Gasteiger partial charge in [-0.2, -0.15) is 0 Å². The summed E-state index contributed by atoms with van der Waals surface area (Å²) >= 11 is 0. The maximum absolute atomic E-state index is 12.5. The quantitative estimate of drug-likeness (QED) is 0.845. The van der Waals surface area contributed by atoms with Crippen LogP contribution < -0.4 is 0 Å². The molecule has 0 saturated carbocycles. The minimum atomic E-state index is 0.190. The molecular weight excluding hydrogens is 328 g/mol. The number of rotatable bonds is 4. The number of carbonyl (C=O) groups is 1. The molecule has 1 aromatic heterocycles. The van der Waals surface area contributed by atoms with E-state index in [-0.39, 0.29) is 11.3 Å². The number of aromatic nitrogens is 2. The molecule has 0 radical (unpaired) electrons. The monoisotopic (exact) mass is 354 g/mol. The summed E-state index contributed by atoms with van der Waals surface area (Å²) in [5.74, 6) is 1.58. The number of aryl methyl sites for hydroxylation is 1. The molecule has 0 unspecified atom stereocenters. The predicted molar refractivity (Wildman–Crippen MR) is 97.1 cm³/mol. The Hall–Kier alpha value is -2.21. The largest absolute Gasteiger partial charge is 0.424 e. The third-order valence-corrected chi connectivity index (χ3v) is 5.63. The molecule has 4 rings (SSSR count). The first-order valence-electron chi connectivity index (χ1n) is 9.45. The lowest BCUT2D eigenvalue weighted by Gasteiger charge is -2.48. The van der Waals surface area contributed by atoms with Gasteiger partial charge in [-0.1, -0.05) is 30.3 Å². The smallest absolute Gasteiger partial charge is 0.230 e. The summed E-state index contributed by atoms with van der Waals surface area (Å²) in [5, 5.41) is 8.06. The number of hydrogen-bond acceptors (Lipinski definition) is 5. The van der Waals surface area contributed by atoms with E-state index in [1.54, 1.807) is 0 Å². The zero-order valence-corrected chi connectivity index (χ0v) is 15.4. The highest BCUT2D eigenvalue weighted by molar-refractivity contribution is 5.77. The van der Waals surface area contributed by atoms with Gasteiger partial charge in [0.25, 0.3) is 0 Å². The highest BCUT2D eigenvalue weighted by atomic mass is 16.4. The van der Waals surface area contributed by atoms with E-state index in [1.165, 1.54) is 12.0 Å². The van der Waals surface area contributed by atoms with Crippen molar-refractivity contribution in [3.8, 4) is 0 Å². The van der Waals surface area contributed by atoms with E-state index in [2.05, 4.69) is 32.1 Å². The Morgan fingerprint density at radius 1 is 1.12 bits per heavy atom. The molecule has 1 spiro atoms. The van der Waals surface area contributed by atoms with Crippen molar-refractivity contribution in [1.29, 1.82) is 0 Å². The number of hydrogen-bond donors (Lipinski definition) is 0. The number of piperidine rings is 2. The van der Waals surface area contributed by atoms with Gasteiger partial charge in [0.15, 0.2) is 0 Å². The van der Waals surface area contributed by atoms with Gasteiger partial charge in [-0.3, -0.25) is 9.69 Å². The van der Waals surface area contributed by atoms with Crippen molar-refractivity contribution in [3.05, 3.63) is 47.7 Å². The number of nitrogens with zero attached hydrogens (tertiary/aromatic N) is 4. The molecule has 2 saturated heterocycles. The summed E-state index contributed by atoms with van der Waals surface area (Å²) in [6.45, 7) is 6.13. The number of benzene rings is 1. The molecule has 6 nitrogen and oxygen atoms in total. The summed E-state index contributed by atoms with van der Waals surface area (Å²) in [6, 6.07) is 10.3. The van der Waals surface area contributed by atoms with Crippen LogP contribution in [0, 0.1) is 12.3 Å². The first kappa shape index (κ1) is 17.2. The van der Waals surface area contributed by atoms with Gasteiger partial charge in [0.05, 0.1) is 6.54 Å². The van der Waals surface area contributed by atoms with Crippen LogP contribution in [0.25, 0.3) is 0 Å². The van der Waals surface area contributed by atoms with Crippen LogP contribution in [0.3, 0.4) is 0 Å². The topological polar surface area (TPSA) is 62.5 Å². The molecule has 2 fully saturated rings. The summed E-state index contributed by atoms with van der Waals surface area (Å²) in [7, 11) is 0. The van der Waals surface area contributed by atoms with Gasteiger partial charge in [0, 0.05) is 38.4 Å². The first-order valence-corrected chi connectivity index (χ1v) is 9.45. The van der Waals surface area contributed by atoms with Crippen LogP contribution in [-0.4, -0.2) is 45.5 Å². The van der Waals surface area contributed by atoms with Crippen LogP contribution in [0.4, 0.5) is 0 Å². The van der Waals surface area contributed by atoms with E-state index in [4.69, 9.17) is 4.42 Å². The first-order chi connectivity index (χ1) is 12.6. The van der Waals surface area contributed by atoms with Crippen LogP contribution >= 0.6 is 0 Å². The Morgan fingerprint density at radius 3 is 2.73 bits per heavy atom. The molecule has 1 amide bonds. The third-order valence-electron chi connectivity index (χ3n) is 5.63. The van der Waals surface area contributed by atoms with Gasteiger partial charge in [0.1, 0.15) is 0 Å². The molecule has 2 aliphatic heterocycles. The van der Waals surface area contributed by atoms with Gasteiger partial charge in [-0.25, -0.2) is 0 Å². The molecule has 3 heterocycles. The second-order valence-electron chi connectivity index (χ2n) is 7.76. The van der Waals surface area contributed by atoms with Crippen molar-refractivity contribution >= 4 is 5.91 Å². The number of amides is 1. The van der Waals surface area contributed by atoms with Crippen molar-refractivity contribution in [2.24, 2.45) is 5.41 Å². The Balaban J connectivity index is 1.43. The van der Waals surface area contributed by atoms with Crippen LogP contribution in [0.5, 0.6) is 0 Å². The minimum Gasteiger partial charge on any atom is -0.424 e. The minimum absolute atomic E-state index is 0.190. The molecule has 26 heavy (non-hydrogen) atoms. The predicted octanol–water partition coefficient (Wildman–Crippen LogP) is 2.78. The van der Waals surface area contributed by atoms with E-state index in [0.29, 0.717) is 31.3 Å². The highest BCUT2D eigenvalue weighted by Gasteiger charge is 2.41. The average molecular weight is 354 g/mol.